The van der Waals surface area contributed by atoms with E-state index >= 15 is 0 Å². The van der Waals surface area contributed by atoms with Crippen molar-refractivity contribution in [3.05, 3.63) is 112 Å². The van der Waals surface area contributed by atoms with Gasteiger partial charge in [0.2, 0.25) is 0 Å². The van der Waals surface area contributed by atoms with Crippen molar-refractivity contribution in [1.29, 1.82) is 0 Å². The number of methoxy groups -OCH3 is 2. The van der Waals surface area contributed by atoms with Crippen molar-refractivity contribution in [2.75, 3.05) is 37.1 Å². The summed E-state index contributed by atoms with van der Waals surface area (Å²) in [4.78, 5) is 60.5. The van der Waals surface area contributed by atoms with Gasteiger partial charge in [-0.2, -0.15) is 26.3 Å². The lowest BCUT2D eigenvalue weighted by atomic mass is 10.0. The number of rotatable bonds is 11. The Hall–Kier alpha value is -6.90. The topological polar surface area (TPSA) is 146 Å². The van der Waals surface area contributed by atoms with E-state index in [9.17, 15) is 45.5 Å². The highest BCUT2D eigenvalue weighted by Crippen LogP contribution is 2.35. The van der Waals surface area contributed by atoms with Crippen LogP contribution in [0.3, 0.4) is 0 Å². The van der Waals surface area contributed by atoms with Gasteiger partial charge in [-0.05, 0) is 124 Å². The summed E-state index contributed by atoms with van der Waals surface area (Å²) in [5.41, 5.74) is 4.39. The molecule has 4 heterocycles. The fourth-order valence-electron chi connectivity index (χ4n) is 7.12. The zero-order valence-electron chi connectivity index (χ0n) is 40.6. The van der Waals surface area contributed by atoms with E-state index in [1.54, 1.807) is 131 Å². The van der Waals surface area contributed by atoms with Crippen LogP contribution in [0.2, 0.25) is 0 Å². The van der Waals surface area contributed by atoms with Crippen molar-refractivity contribution in [3.63, 3.8) is 0 Å². The SMILES string of the molecule is C=Cc1cc(N(CCC(F)(F)F)C(=O)OC(C)(C)C)c2ncc(-c3ccc(C(=O)OC)c(C)c3)n2c1.COC(=O)c1ccc(-c2cnc3c(N(CCC(F)(F)F)C(=O)OC(C)(C)C)cc(Br)cn23)cc1C. The Kier molecular flexibility index (Phi) is 16.8. The van der Waals surface area contributed by atoms with Crippen molar-refractivity contribution < 1.29 is 64.5 Å². The molecule has 6 aromatic rings. The van der Waals surface area contributed by atoms with E-state index in [-0.39, 0.29) is 22.7 Å². The number of pyridine rings is 2. The summed E-state index contributed by atoms with van der Waals surface area (Å²) in [6.45, 7) is 15.8. The molecule has 0 atom stereocenters. The molecule has 0 radical (unpaired) electrons. The minimum Gasteiger partial charge on any atom is -0.465 e. The molecule has 0 aliphatic carbocycles. The van der Waals surface area contributed by atoms with Gasteiger partial charge in [0.05, 0.1) is 73.3 Å². The number of alkyl halides is 6. The van der Waals surface area contributed by atoms with Gasteiger partial charge >= 0.3 is 36.5 Å². The summed E-state index contributed by atoms with van der Waals surface area (Å²) in [7, 11) is 2.60. The first-order valence-electron chi connectivity index (χ1n) is 21.8. The molecule has 0 fully saturated rings. The van der Waals surface area contributed by atoms with Crippen molar-refractivity contribution in [3.8, 4) is 22.5 Å². The smallest absolute Gasteiger partial charge is 0.414 e. The molecule has 2 amide bonds. The molecule has 14 nitrogen and oxygen atoms in total. The van der Waals surface area contributed by atoms with Crippen LogP contribution in [0.4, 0.5) is 47.3 Å². The third-order valence-electron chi connectivity index (χ3n) is 10.3. The van der Waals surface area contributed by atoms with Crippen LogP contribution in [0, 0.1) is 13.8 Å². The molecule has 0 spiro atoms. The van der Waals surface area contributed by atoms with Gasteiger partial charge in [0.25, 0.3) is 0 Å². The van der Waals surface area contributed by atoms with Crippen LogP contribution in [-0.2, 0) is 18.9 Å². The molecule has 0 bridgehead atoms. The van der Waals surface area contributed by atoms with Crippen LogP contribution in [-0.4, -0.2) is 93.8 Å². The predicted molar refractivity (Wildman–Crippen MR) is 260 cm³/mol. The molecule has 0 aliphatic heterocycles. The van der Waals surface area contributed by atoms with Crippen LogP contribution in [0.5, 0.6) is 0 Å². The molecule has 2 aromatic carbocycles. The van der Waals surface area contributed by atoms with E-state index in [1.165, 1.54) is 26.4 Å². The maximum atomic E-state index is 13.1. The van der Waals surface area contributed by atoms with Crippen LogP contribution < -0.4 is 9.80 Å². The number of nitrogens with zero attached hydrogens (tertiary/aromatic N) is 6. The second-order valence-electron chi connectivity index (χ2n) is 18.1. The highest BCUT2D eigenvalue weighted by atomic mass is 79.9. The Bertz CT molecular complexity index is 2970. The first-order valence-corrected chi connectivity index (χ1v) is 22.6. The monoisotopic (exact) mass is 1060 g/mol. The maximum Gasteiger partial charge on any atom is 0.414 e. The van der Waals surface area contributed by atoms with Crippen molar-refractivity contribution in [1.82, 2.24) is 18.8 Å². The molecular weight excluding hydrogens is 1010 g/mol. The first kappa shape index (κ1) is 55.0. The number of aryl methyl sites for hydroxylation is 2. The fourth-order valence-corrected chi connectivity index (χ4v) is 7.54. The first-order chi connectivity index (χ1) is 32.9. The van der Waals surface area contributed by atoms with Crippen LogP contribution in [0.15, 0.2) is 84.4 Å². The van der Waals surface area contributed by atoms with Gasteiger partial charge in [-0.25, -0.2) is 29.1 Å². The summed E-state index contributed by atoms with van der Waals surface area (Å²) >= 11 is 3.39. The van der Waals surface area contributed by atoms with E-state index in [2.05, 4.69) is 32.5 Å². The third-order valence-corrected chi connectivity index (χ3v) is 10.7. The van der Waals surface area contributed by atoms with Gasteiger partial charge in [0.1, 0.15) is 11.2 Å². The van der Waals surface area contributed by atoms with Crippen molar-refractivity contribution in [2.45, 2.75) is 91.8 Å². The van der Waals surface area contributed by atoms with Gasteiger partial charge in [-0.1, -0.05) is 24.8 Å². The van der Waals surface area contributed by atoms with Gasteiger partial charge in [0, 0.05) is 41.1 Å². The maximum absolute atomic E-state index is 13.1. The Morgan fingerprint density at radius 3 is 1.39 bits per heavy atom. The number of anilines is 2. The zero-order chi connectivity index (χ0) is 53.0. The van der Waals surface area contributed by atoms with E-state index in [1.807, 2.05) is 0 Å². The largest absolute Gasteiger partial charge is 0.465 e. The highest BCUT2D eigenvalue weighted by molar-refractivity contribution is 9.10. The van der Waals surface area contributed by atoms with Crippen molar-refractivity contribution in [2.24, 2.45) is 0 Å². The van der Waals surface area contributed by atoms with Gasteiger partial charge in [0.15, 0.2) is 11.3 Å². The third kappa shape index (κ3) is 14.1. The zero-order valence-corrected chi connectivity index (χ0v) is 42.2. The van der Waals surface area contributed by atoms with Crippen LogP contribution >= 0.6 is 15.9 Å². The molecular formula is C50H53BrF6N6O8. The Labute approximate surface area is 414 Å². The number of halogens is 7. The van der Waals surface area contributed by atoms with Gasteiger partial charge in [-0.3, -0.25) is 18.6 Å². The molecule has 0 saturated heterocycles. The Balaban J connectivity index is 0.000000264. The Morgan fingerprint density at radius 2 is 1.04 bits per heavy atom. The van der Waals surface area contributed by atoms with E-state index < -0.39 is 73.6 Å². The van der Waals surface area contributed by atoms with E-state index in [4.69, 9.17) is 18.9 Å². The number of amides is 2. The summed E-state index contributed by atoms with van der Waals surface area (Å²) < 4.78 is 103. The van der Waals surface area contributed by atoms with E-state index in [0.717, 1.165) is 9.80 Å². The predicted octanol–water partition coefficient (Wildman–Crippen LogP) is 13.0. The molecule has 0 saturated carbocycles. The average molecular weight is 1060 g/mol. The quantitative estimate of drug-likeness (QED) is 0.0698. The lowest BCUT2D eigenvalue weighted by Crippen LogP contribution is -2.39. The van der Waals surface area contributed by atoms with Crippen molar-refractivity contribution >= 4 is 68.8 Å². The summed E-state index contributed by atoms with van der Waals surface area (Å²) in [6.07, 6.45) is -5.18. The van der Waals surface area contributed by atoms with E-state index in [0.29, 0.717) is 54.8 Å². The molecule has 71 heavy (non-hydrogen) atoms. The fraction of sp³-hybridized carbons (Fsp3) is 0.360. The van der Waals surface area contributed by atoms with Gasteiger partial charge in [-0.15, -0.1) is 0 Å². The number of hydrogen-bond donors (Lipinski definition) is 0. The Morgan fingerprint density at radius 1 is 0.648 bits per heavy atom. The summed E-state index contributed by atoms with van der Waals surface area (Å²) in [5.74, 6) is -0.930. The number of benzene rings is 2. The summed E-state index contributed by atoms with van der Waals surface area (Å²) in [6, 6.07) is 13.3. The highest BCUT2D eigenvalue weighted by Gasteiger charge is 2.35. The molecule has 6 rings (SSSR count). The number of hydrogen-bond acceptors (Lipinski definition) is 10. The minimum absolute atomic E-state index is 0.153. The molecule has 0 N–H and O–H groups in total. The lowest BCUT2D eigenvalue weighted by molar-refractivity contribution is -0.133. The summed E-state index contributed by atoms with van der Waals surface area (Å²) in [5, 5.41) is 0. The number of imidazole rings is 2. The molecule has 0 unspecified atom stereocenters. The molecule has 21 heteroatoms. The average Bonchev–Trinajstić information content (AvgIpc) is 3.89. The molecule has 380 valence electrons. The molecule has 0 aliphatic rings. The normalized spacial score (nSPS) is 12.0. The number of ether oxygens (including phenoxy) is 4. The van der Waals surface area contributed by atoms with Gasteiger partial charge < -0.3 is 18.9 Å². The lowest BCUT2D eigenvalue weighted by Gasteiger charge is -2.28. The van der Waals surface area contributed by atoms with Crippen LogP contribution in [0.25, 0.3) is 39.9 Å². The number of carbonyl (C=O) groups is 4. The minimum atomic E-state index is -4.48. The molecule has 4 aromatic heterocycles. The number of esters is 2. The standard InChI is InChI=1S/C26H28F3N3O4.C24H25BrF3N3O4/c1-7-17-13-20(31(11-10-26(27,28)29)24(34)36-25(3,4)5)22-30-14-21(32(22)15-17)18-8-9-19(16(2)12-18)23(33)35-6;1-14-10-15(6-7-17(14)21(32)34-5)19-12-29-20-18(11-16(25)13-31(19)20)30(9-8-24(26,27)28)22(33)35-23(2,3)4/h7-9,12-15H,1,10-11H2,2-6H3;6-7,10-13H,8-9H2,1-5H3. The number of fused-ring (bicyclic) bond motifs is 2. The van der Waals surface area contributed by atoms with Crippen LogP contribution in [0.1, 0.15) is 91.8 Å². The second kappa shape index (κ2) is 21.6. The number of carbonyl (C=O) groups excluding carboxylic acids is 4. The number of aromatic nitrogens is 4. The second-order valence-corrected chi connectivity index (χ2v) is 19.0.